The van der Waals surface area contributed by atoms with Gasteiger partial charge in [0, 0.05) is 38.2 Å². The van der Waals surface area contributed by atoms with Crippen LogP contribution in [0.3, 0.4) is 0 Å². The predicted molar refractivity (Wildman–Crippen MR) is 65.2 cm³/mol. The Kier molecular flexibility index (Phi) is 3.59. The van der Waals surface area contributed by atoms with E-state index >= 15 is 0 Å². The lowest BCUT2D eigenvalue weighted by molar-refractivity contribution is 0.654. The largest absolute Gasteiger partial charge is 0.353 e. The first-order chi connectivity index (χ1) is 7.75. The van der Waals surface area contributed by atoms with Crippen molar-refractivity contribution in [3.05, 3.63) is 53.1 Å². The van der Waals surface area contributed by atoms with Gasteiger partial charge in [-0.25, -0.2) is 4.98 Å². The second-order valence-electron chi connectivity index (χ2n) is 3.70. The number of hydrogen-bond donors (Lipinski definition) is 1. The van der Waals surface area contributed by atoms with Crippen LogP contribution in [-0.2, 0) is 20.1 Å². The zero-order chi connectivity index (χ0) is 11.4. The van der Waals surface area contributed by atoms with Crippen LogP contribution in [0.1, 0.15) is 11.3 Å². The highest BCUT2D eigenvalue weighted by molar-refractivity contribution is 6.29. The highest BCUT2D eigenvalue weighted by atomic mass is 35.5. The van der Waals surface area contributed by atoms with Gasteiger partial charge in [0.2, 0.25) is 0 Å². The topological polar surface area (TPSA) is 29.9 Å². The first-order valence-corrected chi connectivity index (χ1v) is 5.55. The highest BCUT2D eigenvalue weighted by Gasteiger charge is 1.97. The molecule has 3 nitrogen and oxygen atoms in total. The smallest absolute Gasteiger partial charge is 0.129 e. The molecule has 1 N–H and O–H groups in total. The van der Waals surface area contributed by atoms with Crippen LogP contribution in [0.25, 0.3) is 0 Å². The third-order valence-corrected chi connectivity index (χ3v) is 2.70. The van der Waals surface area contributed by atoms with Gasteiger partial charge in [0.25, 0.3) is 0 Å². The molecule has 0 aliphatic heterocycles. The minimum absolute atomic E-state index is 0.534. The first kappa shape index (κ1) is 11.2. The third-order valence-electron chi connectivity index (χ3n) is 2.48. The molecule has 0 atom stereocenters. The van der Waals surface area contributed by atoms with Gasteiger partial charge in [-0.05, 0) is 23.8 Å². The maximum Gasteiger partial charge on any atom is 0.129 e. The maximum atomic E-state index is 5.71. The van der Waals surface area contributed by atoms with E-state index in [9.17, 15) is 0 Å². The van der Waals surface area contributed by atoms with Crippen molar-refractivity contribution in [3.63, 3.8) is 0 Å². The number of rotatable bonds is 4. The van der Waals surface area contributed by atoms with Gasteiger partial charge in [-0.1, -0.05) is 17.7 Å². The normalized spacial score (nSPS) is 10.6. The summed E-state index contributed by atoms with van der Waals surface area (Å²) in [7, 11) is 2.04. The lowest BCUT2D eigenvalue weighted by Crippen LogP contribution is -2.14. The lowest BCUT2D eigenvalue weighted by Gasteiger charge is -2.05. The minimum Gasteiger partial charge on any atom is -0.353 e. The van der Waals surface area contributed by atoms with E-state index in [1.165, 1.54) is 5.69 Å². The third kappa shape index (κ3) is 2.84. The Hall–Kier alpha value is -1.32. The predicted octanol–water partition coefficient (Wildman–Crippen LogP) is 2.36. The Balaban J connectivity index is 1.84. The van der Waals surface area contributed by atoms with E-state index in [2.05, 4.69) is 20.9 Å². The maximum absolute atomic E-state index is 5.71. The monoisotopic (exact) mass is 235 g/mol. The second-order valence-corrected chi connectivity index (χ2v) is 4.09. The lowest BCUT2D eigenvalue weighted by atomic mass is 10.3. The van der Waals surface area contributed by atoms with Crippen LogP contribution < -0.4 is 5.32 Å². The van der Waals surface area contributed by atoms with E-state index < -0.39 is 0 Å². The van der Waals surface area contributed by atoms with Gasteiger partial charge in [-0.15, -0.1) is 0 Å². The molecule has 2 heterocycles. The Labute approximate surface area is 100 Å². The van der Waals surface area contributed by atoms with Crippen LogP contribution >= 0.6 is 11.6 Å². The molecule has 2 aromatic heterocycles. The molecule has 0 saturated heterocycles. The molecule has 16 heavy (non-hydrogen) atoms. The van der Waals surface area contributed by atoms with Crippen molar-refractivity contribution >= 4 is 11.6 Å². The molecule has 0 spiro atoms. The fourth-order valence-corrected chi connectivity index (χ4v) is 1.64. The summed E-state index contributed by atoms with van der Waals surface area (Å²) in [5.41, 5.74) is 2.40. The number of hydrogen-bond acceptors (Lipinski definition) is 2. The summed E-state index contributed by atoms with van der Waals surface area (Å²) in [5, 5.41) is 3.89. The summed E-state index contributed by atoms with van der Waals surface area (Å²) >= 11 is 5.71. The van der Waals surface area contributed by atoms with Crippen molar-refractivity contribution in [2.24, 2.45) is 7.05 Å². The Bertz CT molecular complexity index is 448. The molecule has 4 heteroatoms. The number of nitrogens with one attached hydrogen (secondary N) is 1. The molecule has 0 aliphatic carbocycles. The standard InChI is InChI=1S/C12H14ClN3/c1-16-6-2-3-11(16)9-14-7-10-4-5-12(13)15-8-10/h2-6,8,14H,7,9H2,1H3. The zero-order valence-corrected chi connectivity index (χ0v) is 9.91. The summed E-state index contributed by atoms with van der Waals surface area (Å²) in [6, 6.07) is 7.93. The number of halogens is 1. The van der Waals surface area contributed by atoms with Crippen LogP contribution in [0.5, 0.6) is 0 Å². The molecule has 0 fully saturated rings. The molecule has 0 saturated carbocycles. The molecular formula is C12H14ClN3. The molecule has 2 aromatic rings. The number of aromatic nitrogens is 2. The quantitative estimate of drug-likeness (QED) is 0.825. The Morgan fingerprint density at radius 1 is 1.31 bits per heavy atom. The summed E-state index contributed by atoms with van der Waals surface area (Å²) in [5.74, 6) is 0. The van der Waals surface area contributed by atoms with Crippen molar-refractivity contribution in [3.8, 4) is 0 Å². The summed E-state index contributed by atoms with van der Waals surface area (Å²) < 4.78 is 2.10. The van der Waals surface area contributed by atoms with Gasteiger partial charge in [0.1, 0.15) is 5.15 Å². The molecule has 84 valence electrons. The Morgan fingerprint density at radius 3 is 2.81 bits per heavy atom. The van der Waals surface area contributed by atoms with Crippen LogP contribution in [0.4, 0.5) is 0 Å². The fraction of sp³-hybridized carbons (Fsp3) is 0.250. The number of pyridine rings is 1. The average Bonchev–Trinajstić information content (AvgIpc) is 2.68. The van der Waals surface area contributed by atoms with E-state index in [0.29, 0.717) is 5.15 Å². The number of nitrogens with zero attached hydrogens (tertiary/aromatic N) is 2. The van der Waals surface area contributed by atoms with Crippen molar-refractivity contribution in [2.45, 2.75) is 13.1 Å². The summed E-state index contributed by atoms with van der Waals surface area (Å²) in [6.45, 7) is 1.65. The number of aryl methyl sites for hydroxylation is 1. The van der Waals surface area contributed by atoms with E-state index in [1.807, 2.05) is 25.4 Å². The summed E-state index contributed by atoms with van der Waals surface area (Å²) in [4.78, 5) is 4.03. The molecule has 0 bridgehead atoms. The van der Waals surface area contributed by atoms with Crippen LogP contribution in [0.15, 0.2) is 36.7 Å². The van der Waals surface area contributed by atoms with Gasteiger partial charge in [0.15, 0.2) is 0 Å². The van der Waals surface area contributed by atoms with E-state index in [0.717, 1.165) is 18.7 Å². The SMILES string of the molecule is Cn1cccc1CNCc1ccc(Cl)nc1. The van der Waals surface area contributed by atoms with Crippen LogP contribution in [-0.4, -0.2) is 9.55 Å². The zero-order valence-electron chi connectivity index (χ0n) is 9.15. The molecular weight excluding hydrogens is 222 g/mol. The second kappa shape index (κ2) is 5.14. The highest BCUT2D eigenvalue weighted by Crippen LogP contribution is 2.05. The van der Waals surface area contributed by atoms with Gasteiger partial charge in [0.05, 0.1) is 0 Å². The summed E-state index contributed by atoms with van der Waals surface area (Å²) in [6.07, 6.45) is 3.83. The van der Waals surface area contributed by atoms with Crippen molar-refractivity contribution in [1.29, 1.82) is 0 Å². The molecule has 0 aromatic carbocycles. The molecule has 0 unspecified atom stereocenters. The van der Waals surface area contributed by atoms with E-state index in [1.54, 1.807) is 12.3 Å². The van der Waals surface area contributed by atoms with Crippen molar-refractivity contribution < 1.29 is 0 Å². The van der Waals surface area contributed by atoms with Gasteiger partial charge in [-0.2, -0.15) is 0 Å². The van der Waals surface area contributed by atoms with Gasteiger partial charge < -0.3 is 9.88 Å². The molecule has 0 amide bonds. The van der Waals surface area contributed by atoms with Gasteiger partial charge >= 0.3 is 0 Å². The van der Waals surface area contributed by atoms with Gasteiger partial charge in [-0.3, -0.25) is 0 Å². The van der Waals surface area contributed by atoms with E-state index in [4.69, 9.17) is 11.6 Å². The van der Waals surface area contributed by atoms with Crippen LogP contribution in [0, 0.1) is 0 Å². The van der Waals surface area contributed by atoms with Crippen molar-refractivity contribution in [1.82, 2.24) is 14.9 Å². The first-order valence-electron chi connectivity index (χ1n) is 5.17. The average molecular weight is 236 g/mol. The fourth-order valence-electron chi connectivity index (χ4n) is 1.53. The van der Waals surface area contributed by atoms with Crippen LogP contribution in [0.2, 0.25) is 5.15 Å². The minimum atomic E-state index is 0.534. The molecule has 0 aliphatic rings. The molecule has 2 rings (SSSR count). The molecule has 0 radical (unpaired) electrons. The van der Waals surface area contributed by atoms with E-state index in [-0.39, 0.29) is 0 Å². The van der Waals surface area contributed by atoms with Crippen molar-refractivity contribution in [2.75, 3.05) is 0 Å². The Morgan fingerprint density at radius 2 is 2.19 bits per heavy atom.